The molecule has 0 saturated heterocycles. The Morgan fingerprint density at radius 2 is 1.81 bits per heavy atom. The number of alkyl halides is 4. The number of rotatable bonds is 6. The van der Waals surface area contributed by atoms with Gasteiger partial charge in [0.25, 0.3) is 11.7 Å². The number of nitrogens with two attached hydrogens (primary N) is 1. The molecule has 1 atom stereocenters. The van der Waals surface area contributed by atoms with Crippen LogP contribution in [0.5, 0.6) is 0 Å². The Bertz CT molecular complexity index is 1230. The zero-order valence-electron chi connectivity index (χ0n) is 19.3. The third kappa shape index (κ3) is 5.13. The quantitative estimate of drug-likeness (QED) is 0.477. The van der Waals surface area contributed by atoms with E-state index >= 15 is 0 Å². The third-order valence-electron chi connectivity index (χ3n) is 6.91. The van der Waals surface area contributed by atoms with E-state index in [0.717, 1.165) is 5.56 Å². The maximum absolute atomic E-state index is 13.8. The number of ether oxygens (including phenoxy) is 1. The summed E-state index contributed by atoms with van der Waals surface area (Å²) < 4.78 is 61.2. The van der Waals surface area contributed by atoms with Crippen molar-refractivity contribution in [1.29, 1.82) is 0 Å². The monoisotopic (exact) mass is 506 g/mol. The number of aromatic nitrogens is 4. The number of nitrogens with one attached hydrogen (secondary N) is 1. The topological polar surface area (TPSA) is 107 Å². The Morgan fingerprint density at radius 1 is 1.11 bits per heavy atom. The zero-order valence-corrected chi connectivity index (χ0v) is 19.3. The predicted molar refractivity (Wildman–Crippen MR) is 120 cm³/mol. The van der Waals surface area contributed by atoms with Crippen molar-refractivity contribution >= 4 is 11.9 Å². The number of alkyl carbamates (subject to hydrolysis) is 1. The number of halogens is 4. The van der Waals surface area contributed by atoms with Crippen LogP contribution in [0.4, 0.5) is 22.4 Å². The molecule has 0 bridgehead atoms. The number of hydrogen-bond donors (Lipinski definition) is 2. The Labute approximate surface area is 204 Å². The number of carbonyl (C=O) groups excluding carboxylic acids is 1. The molecule has 3 N–H and O–H groups in total. The van der Waals surface area contributed by atoms with Crippen LogP contribution in [0, 0.1) is 5.92 Å². The van der Waals surface area contributed by atoms with Gasteiger partial charge in [-0.1, -0.05) is 30.3 Å². The second kappa shape index (κ2) is 8.99. The first-order chi connectivity index (χ1) is 17.0. The van der Waals surface area contributed by atoms with Gasteiger partial charge in [0.05, 0.1) is 35.4 Å². The van der Waals surface area contributed by atoms with Gasteiger partial charge in [0.15, 0.2) is 0 Å². The van der Waals surface area contributed by atoms with Gasteiger partial charge in [-0.05, 0) is 24.3 Å². The maximum Gasteiger partial charge on any atom is 0.408 e. The molecule has 5 rings (SSSR count). The minimum absolute atomic E-state index is 0.0446. The average Bonchev–Trinajstić information content (AvgIpc) is 3.24. The van der Waals surface area contributed by atoms with Gasteiger partial charge >= 0.3 is 6.09 Å². The minimum atomic E-state index is -2.85. The van der Waals surface area contributed by atoms with Crippen molar-refractivity contribution in [2.45, 2.75) is 68.6 Å². The number of benzene rings is 1. The maximum atomic E-state index is 13.8. The van der Waals surface area contributed by atoms with Gasteiger partial charge in [-0.2, -0.15) is 5.10 Å². The second-order valence-electron chi connectivity index (χ2n) is 9.79. The van der Waals surface area contributed by atoms with E-state index in [0.29, 0.717) is 5.69 Å². The fourth-order valence-corrected chi connectivity index (χ4v) is 4.96. The molecule has 2 aliphatic carbocycles. The lowest BCUT2D eigenvalue weighted by Gasteiger charge is -2.43. The first kappa shape index (κ1) is 24.4. The van der Waals surface area contributed by atoms with Crippen molar-refractivity contribution in [3.05, 3.63) is 59.7 Å². The van der Waals surface area contributed by atoms with Crippen LogP contribution in [0.2, 0.25) is 0 Å². The number of imidazole rings is 1. The highest BCUT2D eigenvalue weighted by molar-refractivity contribution is 5.68. The molecule has 1 aromatic carbocycles. The van der Waals surface area contributed by atoms with E-state index in [1.165, 1.54) is 10.7 Å². The minimum Gasteiger partial charge on any atom is -0.445 e. The highest BCUT2D eigenvalue weighted by atomic mass is 19.3. The van der Waals surface area contributed by atoms with Gasteiger partial charge < -0.3 is 15.8 Å². The van der Waals surface area contributed by atoms with E-state index in [2.05, 4.69) is 20.4 Å². The lowest BCUT2D eigenvalue weighted by molar-refractivity contribution is -0.126. The van der Waals surface area contributed by atoms with Gasteiger partial charge in [0.1, 0.15) is 6.61 Å². The van der Waals surface area contributed by atoms with Gasteiger partial charge in [0, 0.05) is 25.7 Å². The van der Waals surface area contributed by atoms with E-state index in [-0.39, 0.29) is 49.7 Å². The molecule has 8 nitrogen and oxygen atoms in total. The lowest BCUT2D eigenvalue weighted by Crippen LogP contribution is -2.56. The summed E-state index contributed by atoms with van der Waals surface area (Å²) in [6.45, 7) is 0.0446. The molecule has 1 unspecified atom stereocenters. The molecule has 192 valence electrons. The summed E-state index contributed by atoms with van der Waals surface area (Å²) in [5.74, 6) is -5.79. The first-order valence-electron chi connectivity index (χ1n) is 11.8. The molecule has 36 heavy (non-hydrogen) atoms. The van der Waals surface area contributed by atoms with Crippen molar-refractivity contribution in [2.75, 3.05) is 0 Å². The fourth-order valence-electron chi connectivity index (χ4n) is 4.96. The molecule has 12 heteroatoms. The van der Waals surface area contributed by atoms with Crippen molar-refractivity contribution in [2.24, 2.45) is 11.7 Å². The molecule has 2 aromatic heterocycles. The van der Waals surface area contributed by atoms with Crippen LogP contribution in [0.15, 0.2) is 42.7 Å². The van der Waals surface area contributed by atoms with Crippen LogP contribution in [0.3, 0.4) is 0 Å². The van der Waals surface area contributed by atoms with Crippen LogP contribution in [-0.2, 0) is 16.9 Å². The highest BCUT2D eigenvalue weighted by Gasteiger charge is 2.56. The van der Waals surface area contributed by atoms with Crippen molar-refractivity contribution in [1.82, 2.24) is 24.9 Å². The van der Waals surface area contributed by atoms with Crippen LogP contribution in [-0.4, -0.2) is 37.5 Å². The molecule has 2 saturated carbocycles. The molecule has 1 amide bonds. The number of fused-ring (bicyclic) bond motifs is 1. The fraction of sp³-hybridized carbons (Fsp3) is 0.500. The van der Waals surface area contributed by atoms with E-state index in [1.807, 2.05) is 30.3 Å². The van der Waals surface area contributed by atoms with E-state index in [9.17, 15) is 22.4 Å². The smallest absolute Gasteiger partial charge is 0.408 e. The summed E-state index contributed by atoms with van der Waals surface area (Å²) in [6.07, 6.45) is 0.843. The summed E-state index contributed by atoms with van der Waals surface area (Å²) in [5.41, 5.74) is 6.15. The molecule has 3 aromatic rings. The van der Waals surface area contributed by atoms with Crippen LogP contribution in [0.25, 0.3) is 5.78 Å². The van der Waals surface area contributed by atoms with E-state index < -0.39 is 42.4 Å². The first-order valence-corrected chi connectivity index (χ1v) is 11.8. The van der Waals surface area contributed by atoms with Crippen LogP contribution < -0.4 is 11.1 Å². The molecule has 0 spiro atoms. The molecule has 2 fully saturated rings. The van der Waals surface area contributed by atoms with E-state index in [1.54, 1.807) is 6.20 Å². The van der Waals surface area contributed by atoms with Crippen LogP contribution in [0.1, 0.15) is 61.5 Å². The van der Waals surface area contributed by atoms with Crippen molar-refractivity contribution in [3.8, 4) is 0 Å². The molecular weight excluding hydrogens is 480 g/mol. The SMILES string of the molecule is NC1(c2cnn3cc(C(NC(=O)OCc4ccccc4)C4CCC(F)(F)CC4)nc3n2)CC(F)(F)C1. The van der Waals surface area contributed by atoms with Gasteiger partial charge in [-0.25, -0.2) is 36.8 Å². The Morgan fingerprint density at radius 3 is 2.47 bits per heavy atom. The number of nitrogens with zero attached hydrogens (tertiary/aromatic N) is 4. The van der Waals surface area contributed by atoms with Gasteiger partial charge in [-0.3, -0.25) is 0 Å². The Balaban J connectivity index is 1.37. The van der Waals surface area contributed by atoms with Gasteiger partial charge in [0.2, 0.25) is 5.92 Å². The number of amides is 1. The summed E-state index contributed by atoms with van der Waals surface area (Å²) in [4.78, 5) is 21.4. The average molecular weight is 507 g/mol. The van der Waals surface area contributed by atoms with Crippen molar-refractivity contribution < 1.29 is 27.1 Å². The second-order valence-corrected chi connectivity index (χ2v) is 9.79. The Hall–Kier alpha value is -3.28. The summed E-state index contributed by atoms with van der Waals surface area (Å²) in [6, 6.07) is 8.39. The standard InChI is InChI=1S/C24H26F4N6O2/c25-23(26)8-6-16(7-9-23)19(33-21(35)36-12-15-4-2-1-3-5-15)17-11-34-20(31-17)32-18(10-30-34)22(29)13-24(27,28)14-22/h1-5,10-11,16,19H,6-9,12-14,29H2,(H,33,35). The number of carbonyl (C=O) groups is 1. The lowest BCUT2D eigenvalue weighted by atomic mass is 9.72. The van der Waals surface area contributed by atoms with Crippen molar-refractivity contribution in [3.63, 3.8) is 0 Å². The summed E-state index contributed by atoms with van der Waals surface area (Å²) in [5, 5.41) is 6.98. The summed E-state index contributed by atoms with van der Waals surface area (Å²) >= 11 is 0. The molecule has 2 aliphatic rings. The molecule has 0 radical (unpaired) electrons. The van der Waals surface area contributed by atoms with Crippen LogP contribution >= 0.6 is 0 Å². The Kier molecular flexibility index (Phi) is 6.09. The third-order valence-corrected chi connectivity index (χ3v) is 6.91. The highest BCUT2D eigenvalue weighted by Crippen LogP contribution is 2.49. The normalized spacial score (nSPS) is 21.5. The number of hydrogen-bond acceptors (Lipinski definition) is 6. The largest absolute Gasteiger partial charge is 0.445 e. The van der Waals surface area contributed by atoms with Gasteiger partial charge in [-0.15, -0.1) is 0 Å². The molecule has 0 aliphatic heterocycles. The molecule has 2 heterocycles. The predicted octanol–water partition coefficient (Wildman–Crippen LogP) is 4.50. The zero-order chi connectivity index (χ0) is 25.6. The summed E-state index contributed by atoms with van der Waals surface area (Å²) in [7, 11) is 0. The van der Waals surface area contributed by atoms with E-state index in [4.69, 9.17) is 10.5 Å². The molecular formula is C24H26F4N6O2.